The van der Waals surface area contributed by atoms with Crippen molar-refractivity contribution in [2.45, 2.75) is 6.92 Å². The van der Waals surface area contributed by atoms with Crippen LogP contribution in [0.3, 0.4) is 0 Å². The lowest BCUT2D eigenvalue weighted by Gasteiger charge is -2.01. The summed E-state index contributed by atoms with van der Waals surface area (Å²) in [5.74, 6) is -0.298. The van der Waals surface area contributed by atoms with Gasteiger partial charge in [-0.25, -0.2) is 10.4 Å². The number of hydrogen-bond acceptors (Lipinski definition) is 3. The van der Waals surface area contributed by atoms with Crippen molar-refractivity contribution in [1.82, 2.24) is 19.8 Å². The van der Waals surface area contributed by atoms with Crippen LogP contribution in [0.15, 0.2) is 58.4 Å². The molecule has 7 heteroatoms. The largest absolute Gasteiger partial charge is 0.361 e. The first-order valence-corrected chi connectivity index (χ1v) is 8.46. The Balaban J connectivity index is 1.59. The van der Waals surface area contributed by atoms with Crippen LogP contribution in [0.25, 0.3) is 16.6 Å². The molecule has 0 saturated carbocycles. The van der Waals surface area contributed by atoms with Crippen LogP contribution >= 0.6 is 15.9 Å². The van der Waals surface area contributed by atoms with Crippen LogP contribution in [-0.4, -0.2) is 26.5 Å². The van der Waals surface area contributed by atoms with Crippen LogP contribution in [0, 0.1) is 6.92 Å². The minimum Gasteiger partial charge on any atom is -0.361 e. The van der Waals surface area contributed by atoms with Crippen molar-refractivity contribution in [1.29, 1.82) is 0 Å². The molecular formula is C18H14BrN5O. The van der Waals surface area contributed by atoms with Gasteiger partial charge in [0.25, 0.3) is 5.91 Å². The maximum Gasteiger partial charge on any atom is 0.290 e. The molecule has 0 aliphatic rings. The molecule has 3 aromatic heterocycles. The summed E-state index contributed by atoms with van der Waals surface area (Å²) in [4.78, 5) is 20.0. The molecule has 25 heavy (non-hydrogen) atoms. The van der Waals surface area contributed by atoms with E-state index in [2.05, 4.69) is 36.4 Å². The van der Waals surface area contributed by atoms with E-state index in [1.54, 1.807) is 10.6 Å². The second-order valence-corrected chi connectivity index (χ2v) is 6.52. The van der Waals surface area contributed by atoms with E-state index in [1.165, 1.54) is 0 Å². The lowest BCUT2D eigenvalue weighted by Crippen LogP contribution is -2.20. The Morgan fingerprint density at radius 1 is 1.36 bits per heavy atom. The third-order valence-electron chi connectivity index (χ3n) is 3.96. The first-order chi connectivity index (χ1) is 12.1. The van der Waals surface area contributed by atoms with Gasteiger partial charge in [0, 0.05) is 33.3 Å². The van der Waals surface area contributed by atoms with Crippen molar-refractivity contribution in [3.05, 3.63) is 70.2 Å². The highest BCUT2D eigenvalue weighted by atomic mass is 79.9. The first kappa shape index (κ1) is 15.6. The fraction of sp³-hybridized carbons (Fsp3) is 0.0556. The van der Waals surface area contributed by atoms with Crippen molar-refractivity contribution in [2.24, 2.45) is 5.10 Å². The van der Waals surface area contributed by atoms with Gasteiger partial charge in [0.2, 0.25) is 0 Å². The Morgan fingerprint density at radius 2 is 2.24 bits per heavy atom. The van der Waals surface area contributed by atoms with E-state index in [4.69, 9.17) is 0 Å². The number of H-pyrrole nitrogens is 1. The van der Waals surface area contributed by atoms with Crippen LogP contribution < -0.4 is 5.43 Å². The lowest BCUT2D eigenvalue weighted by molar-refractivity contribution is 0.0948. The molecule has 1 amide bonds. The molecule has 0 radical (unpaired) electrons. The number of benzene rings is 1. The molecule has 124 valence electrons. The van der Waals surface area contributed by atoms with E-state index in [9.17, 15) is 4.79 Å². The number of nitrogens with one attached hydrogen (secondary N) is 2. The molecule has 0 atom stereocenters. The number of aryl methyl sites for hydroxylation is 1. The summed E-state index contributed by atoms with van der Waals surface area (Å²) in [6, 6.07) is 11.6. The molecule has 4 rings (SSSR count). The molecule has 3 heterocycles. The van der Waals surface area contributed by atoms with Crippen molar-refractivity contribution in [3.63, 3.8) is 0 Å². The van der Waals surface area contributed by atoms with E-state index in [0.717, 1.165) is 26.6 Å². The normalized spacial score (nSPS) is 11.6. The zero-order chi connectivity index (χ0) is 17.4. The minimum absolute atomic E-state index is 0.298. The summed E-state index contributed by atoms with van der Waals surface area (Å²) in [6.45, 7) is 1.81. The number of aromatic amines is 1. The van der Waals surface area contributed by atoms with Gasteiger partial charge >= 0.3 is 0 Å². The van der Waals surface area contributed by atoms with Gasteiger partial charge in [-0.2, -0.15) is 5.10 Å². The van der Waals surface area contributed by atoms with Crippen LogP contribution in [-0.2, 0) is 0 Å². The van der Waals surface area contributed by atoms with Gasteiger partial charge in [-0.3, -0.25) is 9.20 Å². The summed E-state index contributed by atoms with van der Waals surface area (Å²) in [7, 11) is 0. The van der Waals surface area contributed by atoms with Gasteiger partial charge in [-0.05, 0) is 37.3 Å². The Bertz CT molecular complexity index is 1130. The molecule has 0 aliphatic carbocycles. The highest BCUT2D eigenvalue weighted by molar-refractivity contribution is 9.10. The maximum atomic E-state index is 12.5. The third kappa shape index (κ3) is 2.83. The zero-order valence-corrected chi connectivity index (χ0v) is 14.9. The second-order valence-electron chi connectivity index (χ2n) is 5.61. The number of hydrogen-bond donors (Lipinski definition) is 2. The topological polar surface area (TPSA) is 74.6 Å². The highest BCUT2D eigenvalue weighted by Crippen LogP contribution is 2.21. The fourth-order valence-corrected chi connectivity index (χ4v) is 3.18. The van der Waals surface area contributed by atoms with E-state index in [0.29, 0.717) is 11.4 Å². The molecule has 6 nitrogen and oxygen atoms in total. The number of nitrogens with zero attached hydrogens (tertiary/aromatic N) is 3. The molecule has 2 N–H and O–H groups in total. The molecule has 0 spiro atoms. The van der Waals surface area contributed by atoms with Gasteiger partial charge in [0.05, 0.1) is 11.9 Å². The molecule has 1 aromatic carbocycles. The van der Waals surface area contributed by atoms with Crippen molar-refractivity contribution < 1.29 is 4.79 Å². The van der Waals surface area contributed by atoms with Crippen LogP contribution in [0.1, 0.15) is 21.7 Å². The average molecular weight is 396 g/mol. The quantitative estimate of drug-likeness (QED) is 0.410. The van der Waals surface area contributed by atoms with Crippen molar-refractivity contribution in [2.75, 3.05) is 0 Å². The van der Waals surface area contributed by atoms with E-state index in [1.807, 2.05) is 55.7 Å². The number of aromatic nitrogens is 3. The number of fused-ring (bicyclic) bond motifs is 2. The zero-order valence-electron chi connectivity index (χ0n) is 13.3. The molecule has 0 unspecified atom stereocenters. The smallest absolute Gasteiger partial charge is 0.290 e. The number of rotatable bonds is 3. The summed E-state index contributed by atoms with van der Waals surface area (Å²) in [6.07, 6.45) is 5.29. The Morgan fingerprint density at radius 3 is 3.12 bits per heavy atom. The van der Waals surface area contributed by atoms with Gasteiger partial charge in [-0.15, -0.1) is 0 Å². The van der Waals surface area contributed by atoms with Crippen molar-refractivity contribution >= 4 is 44.6 Å². The highest BCUT2D eigenvalue weighted by Gasteiger charge is 2.15. The predicted molar refractivity (Wildman–Crippen MR) is 101 cm³/mol. The number of amides is 1. The Hall–Kier alpha value is -2.93. The van der Waals surface area contributed by atoms with Crippen molar-refractivity contribution in [3.8, 4) is 0 Å². The molecule has 0 bridgehead atoms. The first-order valence-electron chi connectivity index (χ1n) is 7.67. The number of halogens is 1. The van der Waals surface area contributed by atoms with E-state index >= 15 is 0 Å². The number of hydrazone groups is 1. The van der Waals surface area contributed by atoms with Gasteiger partial charge in [-0.1, -0.05) is 22.0 Å². The van der Waals surface area contributed by atoms with Gasteiger partial charge < -0.3 is 4.98 Å². The summed E-state index contributed by atoms with van der Waals surface area (Å²) < 4.78 is 2.74. The summed E-state index contributed by atoms with van der Waals surface area (Å²) in [5.41, 5.74) is 6.36. The van der Waals surface area contributed by atoms with Gasteiger partial charge in [0.1, 0.15) is 11.3 Å². The fourth-order valence-electron chi connectivity index (χ4n) is 2.82. The van der Waals surface area contributed by atoms with Crippen LogP contribution in [0.4, 0.5) is 0 Å². The maximum absolute atomic E-state index is 12.5. The van der Waals surface area contributed by atoms with E-state index in [-0.39, 0.29) is 5.91 Å². The minimum atomic E-state index is -0.298. The number of carbonyl (C=O) groups excluding carboxylic acids is 1. The number of pyridine rings is 1. The number of imidazole rings is 1. The Kier molecular flexibility index (Phi) is 3.85. The molecule has 4 aromatic rings. The third-order valence-corrected chi connectivity index (χ3v) is 4.46. The molecule has 0 aliphatic heterocycles. The number of carbonyl (C=O) groups is 1. The average Bonchev–Trinajstić information content (AvgIpc) is 3.14. The molecular weight excluding hydrogens is 382 g/mol. The molecule has 0 saturated heterocycles. The Labute approximate surface area is 151 Å². The summed E-state index contributed by atoms with van der Waals surface area (Å²) >= 11 is 3.46. The van der Waals surface area contributed by atoms with E-state index < -0.39 is 0 Å². The monoisotopic (exact) mass is 395 g/mol. The van der Waals surface area contributed by atoms with Crippen LogP contribution in [0.5, 0.6) is 0 Å². The molecule has 0 fully saturated rings. The predicted octanol–water partition coefficient (Wildman–Crippen LogP) is 3.65. The van der Waals surface area contributed by atoms with Crippen LogP contribution in [0.2, 0.25) is 0 Å². The standard InChI is InChI=1S/C18H14BrN5O/c1-11-17(24-7-3-2-4-16(24)22-11)18(25)23-21-10-12-9-20-15-6-5-13(19)8-14(12)15/h2-10,20H,1H3,(H,23,25)/b21-10+. The second kappa shape index (κ2) is 6.18. The summed E-state index contributed by atoms with van der Waals surface area (Å²) in [5, 5.41) is 5.12. The van der Waals surface area contributed by atoms with Gasteiger partial charge in [0.15, 0.2) is 0 Å². The SMILES string of the molecule is Cc1nc2ccccn2c1C(=O)N/N=C/c1c[nH]c2ccc(Br)cc12. The lowest BCUT2D eigenvalue weighted by atomic mass is 10.2.